The van der Waals surface area contributed by atoms with E-state index in [-0.39, 0.29) is 0 Å². The van der Waals surface area contributed by atoms with Crippen LogP contribution in [0.3, 0.4) is 0 Å². The predicted molar refractivity (Wildman–Crippen MR) is 51.7 cm³/mol. The molecule has 0 spiro atoms. The zero-order valence-electron chi connectivity index (χ0n) is 8.49. The van der Waals surface area contributed by atoms with Gasteiger partial charge in [-0.3, -0.25) is 4.79 Å². The summed E-state index contributed by atoms with van der Waals surface area (Å²) in [6, 6.07) is 0.501. The number of likely N-dealkylation sites (tertiary alicyclic amines) is 1. The second-order valence-corrected chi connectivity index (χ2v) is 3.96. The third-order valence-electron chi connectivity index (χ3n) is 3.08. The van der Waals surface area contributed by atoms with Crippen LogP contribution in [0.2, 0.25) is 0 Å². The lowest BCUT2D eigenvalue weighted by Gasteiger charge is -2.26. The van der Waals surface area contributed by atoms with Gasteiger partial charge in [-0.15, -0.1) is 0 Å². The lowest BCUT2D eigenvalue weighted by atomic mass is 9.92. The van der Waals surface area contributed by atoms with E-state index in [2.05, 4.69) is 18.9 Å². The predicted octanol–water partition coefficient (Wildman–Crippen LogP) is 1.58. The van der Waals surface area contributed by atoms with E-state index in [1.54, 1.807) is 0 Å². The monoisotopic (exact) mass is 185 g/mol. The first-order valence-corrected chi connectivity index (χ1v) is 5.07. The number of aliphatic carboxylic acids is 1. The molecule has 0 amide bonds. The molecule has 1 saturated heterocycles. The van der Waals surface area contributed by atoms with Gasteiger partial charge in [0.15, 0.2) is 0 Å². The highest BCUT2D eigenvalue weighted by Gasteiger charge is 2.29. The van der Waals surface area contributed by atoms with E-state index in [1.165, 1.54) is 12.8 Å². The van der Waals surface area contributed by atoms with Gasteiger partial charge in [0.25, 0.3) is 0 Å². The number of carboxylic acids is 1. The van der Waals surface area contributed by atoms with Crippen molar-refractivity contribution in [2.45, 2.75) is 38.6 Å². The maximum absolute atomic E-state index is 10.6. The third-order valence-corrected chi connectivity index (χ3v) is 3.08. The summed E-state index contributed by atoms with van der Waals surface area (Å²) in [6.45, 7) is 3.21. The van der Waals surface area contributed by atoms with E-state index in [0.29, 0.717) is 18.4 Å². The number of carbonyl (C=O) groups is 1. The first-order chi connectivity index (χ1) is 6.15. The summed E-state index contributed by atoms with van der Waals surface area (Å²) in [5.74, 6) is -0.322. The molecule has 1 aliphatic heterocycles. The van der Waals surface area contributed by atoms with Gasteiger partial charge in [0.2, 0.25) is 0 Å². The molecule has 13 heavy (non-hydrogen) atoms. The highest BCUT2D eigenvalue weighted by molar-refractivity contribution is 5.67. The molecule has 1 rings (SSSR count). The zero-order chi connectivity index (χ0) is 9.84. The summed E-state index contributed by atoms with van der Waals surface area (Å²) in [6.07, 6.45) is 3.69. The first-order valence-electron chi connectivity index (χ1n) is 5.07. The van der Waals surface area contributed by atoms with Gasteiger partial charge < -0.3 is 10.0 Å². The largest absolute Gasteiger partial charge is 0.481 e. The minimum absolute atomic E-state index is 0.325. The van der Waals surface area contributed by atoms with Gasteiger partial charge in [0.05, 0.1) is 0 Å². The van der Waals surface area contributed by atoms with Crippen LogP contribution in [0, 0.1) is 5.92 Å². The minimum Gasteiger partial charge on any atom is -0.481 e. The Morgan fingerprint density at radius 3 is 2.77 bits per heavy atom. The first kappa shape index (κ1) is 10.5. The van der Waals surface area contributed by atoms with Crippen molar-refractivity contribution in [2.75, 3.05) is 13.6 Å². The molecular formula is C10H19NO2. The maximum atomic E-state index is 10.6. The van der Waals surface area contributed by atoms with Crippen molar-refractivity contribution in [3.05, 3.63) is 0 Å². The van der Waals surface area contributed by atoms with Crippen LogP contribution in [0.5, 0.6) is 0 Å². The topological polar surface area (TPSA) is 40.5 Å². The SMILES string of the molecule is CCC(CC(=O)O)C1CCCN1C. The second-order valence-electron chi connectivity index (χ2n) is 3.96. The third kappa shape index (κ3) is 2.69. The Balaban J connectivity index is 2.49. The van der Waals surface area contributed by atoms with Gasteiger partial charge in [0, 0.05) is 12.5 Å². The quantitative estimate of drug-likeness (QED) is 0.723. The lowest BCUT2D eigenvalue weighted by Crippen LogP contribution is -2.33. The highest BCUT2D eigenvalue weighted by Crippen LogP contribution is 2.26. The lowest BCUT2D eigenvalue weighted by molar-refractivity contribution is -0.138. The van der Waals surface area contributed by atoms with E-state index in [1.807, 2.05) is 0 Å². The Kier molecular flexibility index (Phi) is 3.72. The van der Waals surface area contributed by atoms with E-state index in [0.717, 1.165) is 13.0 Å². The molecule has 0 aromatic rings. The molecule has 2 atom stereocenters. The molecule has 3 nitrogen and oxygen atoms in total. The number of hydrogen-bond acceptors (Lipinski definition) is 2. The fourth-order valence-corrected chi connectivity index (χ4v) is 2.31. The highest BCUT2D eigenvalue weighted by atomic mass is 16.4. The fraction of sp³-hybridized carbons (Fsp3) is 0.900. The van der Waals surface area contributed by atoms with E-state index in [4.69, 9.17) is 5.11 Å². The summed E-state index contributed by atoms with van der Waals surface area (Å²) >= 11 is 0. The molecule has 1 N–H and O–H groups in total. The Morgan fingerprint density at radius 2 is 2.38 bits per heavy atom. The number of rotatable bonds is 4. The molecule has 3 heteroatoms. The van der Waals surface area contributed by atoms with Gasteiger partial charge in [-0.05, 0) is 32.4 Å². The van der Waals surface area contributed by atoms with Crippen molar-refractivity contribution < 1.29 is 9.90 Å². The van der Waals surface area contributed by atoms with Crippen molar-refractivity contribution in [1.82, 2.24) is 4.90 Å². The molecular weight excluding hydrogens is 166 g/mol. The van der Waals surface area contributed by atoms with Crippen molar-refractivity contribution in [1.29, 1.82) is 0 Å². The average molecular weight is 185 g/mol. The molecule has 0 saturated carbocycles. The van der Waals surface area contributed by atoms with Crippen LogP contribution in [0.25, 0.3) is 0 Å². The summed E-state index contributed by atoms with van der Waals surface area (Å²) in [5, 5.41) is 8.74. The molecule has 0 radical (unpaired) electrons. The smallest absolute Gasteiger partial charge is 0.303 e. The van der Waals surface area contributed by atoms with E-state index in [9.17, 15) is 4.79 Å². The van der Waals surface area contributed by atoms with Gasteiger partial charge in [-0.25, -0.2) is 0 Å². The number of hydrogen-bond donors (Lipinski definition) is 1. The van der Waals surface area contributed by atoms with Crippen LogP contribution in [0.15, 0.2) is 0 Å². The minimum atomic E-state index is -0.660. The fourth-order valence-electron chi connectivity index (χ4n) is 2.31. The van der Waals surface area contributed by atoms with Gasteiger partial charge in [0.1, 0.15) is 0 Å². The molecule has 1 aliphatic rings. The molecule has 0 aromatic carbocycles. The van der Waals surface area contributed by atoms with Gasteiger partial charge >= 0.3 is 5.97 Å². The Morgan fingerprint density at radius 1 is 1.69 bits per heavy atom. The van der Waals surface area contributed by atoms with Crippen molar-refractivity contribution in [3.8, 4) is 0 Å². The summed E-state index contributed by atoms with van der Waals surface area (Å²) < 4.78 is 0. The normalized spacial score (nSPS) is 26.2. The number of carboxylic acid groups (broad SMARTS) is 1. The van der Waals surface area contributed by atoms with Crippen molar-refractivity contribution in [2.24, 2.45) is 5.92 Å². The molecule has 2 unspecified atom stereocenters. The van der Waals surface area contributed by atoms with Crippen LogP contribution in [0.1, 0.15) is 32.6 Å². The summed E-state index contributed by atoms with van der Waals surface area (Å²) in [4.78, 5) is 12.9. The Hall–Kier alpha value is -0.570. The standard InChI is InChI=1S/C10H19NO2/c1-3-8(7-10(12)13)9-5-4-6-11(9)2/h8-9H,3-7H2,1-2H3,(H,12,13). The number of nitrogens with zero attached hydrogens (tertiary/aromatic N) is 1. The second kappa shape index (κ2) is 4.61. The van der Waals surface area contributed by atoms with E-state index >= 15 is 0 Å². The Labute approximate surface area is 79.7 Å². The van der Waals surface area contributed by atoms with Crippen molar-refractivity contribution in [3.63, 3.8) is 0 Å². The molecule has 0 aromatic heterocycles. The maximum Gasteiger partial charge on any atom is 0.303 e. The van der Waals surface area contributed by atoms with E-state index < -0.39 is 5.97 Å². The van der Waals surface area contributed by atoms with Crippen molar-refractivity contribution >= 4 is 5.97 Å². The summed E-state index contributed by atoms with van der Waals surface area (Å²) in [7, 11) is 2.10. The zero-order valence-corrected chi connectivity index (χ0v) is 8.49. The Bertz CT molecular complexity index is 182. The van der Waals surface area contributed by atoms with Gasteiger partial charge in [-0.2, -0.15) is 0 Å². The molecule has 1 heterocycles. The van der Waals surface area contributed by atoms with Crippen LogP contribution in [-0.2, 0) is 4.79 Å². The average Bonchev–Trinajstić information content (AvgIpc) is 2.47. The molecule has 1 fully saturated rings. The van der Waals surface area contributed by atoms with Crippen LogP contribution in [0.4, 0.5) is 0 Å². The molecule has 0 bridgehead atoms. The molecule has 0 aliphatic carbocycles. The van der Waals surface area contributed by atoms with Crippen LogP contribution >= 0.6 is 0 Å². The van der Waals surface area contributed by atoms with Crippen LogP contribution in [-0.4, -0.2) is 35.6 Å². The molecule has 76 valence electrons. The van der Waals surface area contributed by atoms with Gasteiger partial charge in [-0.1, -0.05) is 13.3 Å². The van der Waals surface area contributed by atoms with Crippen LogP contribution < -0.4 is 0 Å². The summed E-state index contributed by atoms with van der Waals surface area (Å²) in [5.41, 5.74) is 0.